The van der Waals surface area contributed by atoms with Crippen LogP contribution in [0.2, 0.25) is 0 Å². The summed E-state index contributed by atoms with van der Waals surface area (Å²) in [6.45, 7) is 3.86. The van der Waals surface area contributed by atoms with Gasteiger partial charge < -0.3 is 9.47 Å². The number of rotatable bonds is 4. The first kappa shape index (κ1) is 14.3. The molecule has 0 spiro atoms. The molecular formula is C15H15NO3S. The number of esters is 1. The first-order valence-corrected chi connectivity index (χ1v) is 6.93. The van der Waals surface area contributed by atoms with Gasteiger partial charge in [-0.05, 0) is 37.6 Å². The van der Waals surface area contributed by atoms with E-state index < -0.39 is 5.97 Å². The first-order chi connectivity index (χ1) is 9.58. The van der Waals surface area contributed by atoms with Gasteiger partial charge in [-0.15, -0.1) is 11.3 Å². The predicted molar refractivity (Wildman–Crippen MR) is 79.3 cm³/mol. The molecule has 0 saturated heterocycles. The maximum absolute atomic E-state index is 11.8. The van der Waals surface area contributed by atoms with E-state index in [0.717, 1.165) is 16.3 Å². The van der Waals surface area contributed by atoms with Gasteiger partial charge in [0.05, 0.1) is 17.8 Å². The number of ether oxygens (including phenoxy) is 2. The van der Waals surface area contributed by atoms with Gasteiger partial charge in [0.2, 0.25) is 0 Å². The van der Waals surface area contributed by atoms with Crippen molar-refractivity contribution in [2.45, 2.75) is 13.8 Å². The molecule has 0 aliphatic rings. The molecule has 1 heterocycles. The molecule has 2 rings (SSSR count). The van der Waals surface area contributed by atoms with E-state index in [0.29, 0.717) is 11.5 Å². The third kappa shape index (κ3) is 3.68. The van der Waals surface area contributed by atoms with Gasteiger partial charge in [-0.3, -0.25) is 0 Å². The zero-order valence-electron chi connectivity index (χ0n) is 11.5. The second kappa shape index (κ2) is 6.34. The summed E-state index contributed by atoms with van der Waals surface area (Å²) in [5.74, 6) is 0.483. The Kier molecular flexibility index (Phi) is 4.53. The minimum absolute atomic E-state index is 0.405. The van der Waals surface area contributed by atoms with Crippen LogP contribution < -0.4 is 9.47 Å². The fraction of sp³-hybridized carbons (Fsp3) is 0.200. The SMILES string of the molecule is COc1cc(C)ccc1OC(=O)/C=C\c1csc(C)n1. The Morgan fingerprint density at radius 1 is 1.30 bits per heavy atom. The summed E-state index contributed by atoms with van der Waals surface area (Å²) in [5, 5.41) is 2.84. The summed E-state index contributed by atoms with van der Waals surface area (Å²) >= 11 is 1.53. The van der Waals surface area contributed by atoms with Crippen LogP contribution in [0.25, 0.3) is 6.08 Å². The number of aryl methyl sites for hydroxylation is 2. The number of methoxy groups -OCH3 is 1. The summed E-state index contributed by atoms with van der Waals surface area (Å²) in [7, 11) is 1.54. The van der Waals surface area contributed by atoms with E-state index in [2.05, 4.69) is 4.98 Å². The molecule has 0 fully saturated rings. The highest BCUT2D eigenvalue weighted by atomic mass is 32.1. The zero-order chi connectivity index (χ0) is 14.5. The van der Waals surface area contributed by atoms with Crippen LogP contribution in [0.1, 0.15) is 16.3 Å². The second-order valence-electron chi connectivity index (χ2n) is 4.20. The third-order valence-corrected chi connectivity index (χ3v) is 3.35. The lowest BCUT2D eigenvalue weighted by Gasteiger charge is -2.08. The number of benzene rings is 1. The summed E-state index contributed by atoms with van der Waals surface area (Å²) in [6, 6.07) is 5.39. The summed E-state index contributed by atoms with van der Waals surface area (Å²) in [5.41, 5.74) is 1.79. The molecule has 20 heavy (non-hydrogen) atoms. The van der Waals surface area contributed by atoms with Crippen LogP contribution in [0.5, 0.6) is 11.5 Å². The molecule has 104 valence electrons. The fourth-order valence-corrected chi connectivity index (χ4v) is 2.19. The van der Waals surface area contributed by atoms with Crippen molar-refractivity contribution in [2.75, 3.05) is 7.11 Å². The van der Waals surface area contributed by atoms with Gasteiger partial charge in [0, 0.05) is 11.5 Å². The van der Waals surface area contributed by atoms with E-state index >= 15 is 0 Å². The molecule has 4 nitrogen and oxygen atoms in total. The van der Waals surface area contributed by atoms with Crippen LogP contribution in [0.3, 0.4) is 0 Å². The van der Waals surface area contributed by atoms with Crippen molar-refractivity contribution in [2.24, 2.45) is 0 Å². The maximum atomic E-state index is 11.8. The fourth-order valence-electron chi connectivity index (χ4n) is 1.61. The van der Waals surface area contributed by atoms with Gasteiger partial charge in [-0.2, -0.15) is 0 Å². The minimum atomic E-state index is -0.460. The molecule has 0 saturated carbocycles. The Labute approximate surface area is 121 Å². The molecule has 5 heteroatoms. The van der Waals surface area contributed by atoms with Crippen LogP contribution in [-0.4, -0.2) is 18.1 Å². The highest BCUT2D eigenvalue weighted by molar-refractivity contribution is 7.09. The van der Waals surface area contributed by atoms with Crippen LogP contribution >= 0.6 is 11.3 Å². The van der Waals surface area contributed by atoms with Crippen molar-refractivity contribution in [3.8, 4) is 11.5 Å². The largest absolute Gasteiger partial charge is 0.493 e. The van der Waals surface area contributed by atoms with Gasteiger partial charge in [0.25, 0.3) is 0 Å². The molecule has 0 aliphatic heterocycles. The van der Waals surface area contributed by atoms with Crippen molar-refractivity contribution >= 4 is 23.4 Å². The molecule has 2 aromatic rings. The number of carbonyl (C=O) groups excluding carboxylic acids is 1. The first-order valence-electron chi connectivity index (χ1n) is 6.05. The van der Waals surface area contributed by atoms with Crippen molar-refractivity contribution in [3.05, 3.63) is 45.9 Å². The molecule has 0 aliphatic carbocycles. The van der Waals surface area contributed by atoms with Crippen molar-refractivity contribution in [1.29, 1.82) is 0 Å². The van der Waals surface area contributed by atoms with E-state index in [1.807, 2.05) is 31.4 Å². The normalized spacial score (nSPS) is 10.8. The Morgan fingerprint density at radius 2 is 2.10 bits per heavy atom. The summed E-state index contributed by atoms with van der Waals surface area (Å²) in [4.78, 5) is 16.0. The summed E-state index contributed by atoms with van der Waals surface area (Å²) < 4.78 is 10.4. The third-order valence-electron chi connectivity index (χ3n) is 2.56. The number of hydrogen-bond acceptors (Lipinski definition) is 5. The number of aromatic nitrogens is 1. The summed E-state index contributed by atoms with van der Waals surface area (Å²) in [6.07, 6.45) is 2.99. The van der Waals surface area contributed by atoms with Crippen molar-refractivity contribution in [3.63, 3.8) is 0 Å². The van der Waals surface area contributed by atoms with Gasteiger partial charge in [0.15, 0.2) is 11.5 Å². The van der Waals surface area contributed by atoms with Crippen LogP contribution in [0, 0.1) is 13.8 Å². The zero-order valence-corrected chi connectivity index (χ0v) is 12.4. The lowest BCUT2D eigenvalue weighted by Crippen LogP contribution is -2.05. The predicted octanol–water partition coefficient (Wildman–Crippen LogP) is 3.39. The standard InChI is InChI=1S/C15H15NO3S/c1-10-4-6-13(14(8-10)18-3)19-15(17)7-5-12-9-20-11(2)16-12/h4-9H,1-3H3/b7-5-. The second-order valence-corrected chi connectivity index (χ2v) is 5.26. The van der Waals surface area contributed by atoms with Gasteiger partial charge in [-0.1, -0.05) is 6.07 Å². The van der Waals surface area contributed by atoms with Gasteiger partial charge in [-0.25, -0.2) is 9.78 Å². The van der Waals surface area contributed by atoms with E-state index in [1.165, 1.54) is 17.4 Å². The average Bonchev–Trinajstić information content (AvgIpc) is 2.84. The lowest BCUT2D eigenvalue weighted by atomic mass is 10.2. The number of carbonyl (C=O) groups is 1. The van der Waals surface area contributed by atoms with E-state index in [9.17, 15) is 4.79 Å². The van der Waals surface area contributed by atoms with E-state index in [1.54, 1.807) is 19.3 Å². The highest BCUT2D eigenvalue weighted by Gasteiger charge is 2.08. The maximum Gasteiger partial charge on any atom is 0.336 e. The Morgan fingerprint density at radius 3 is 2.75 bits per heavy atom. The molecule has 0 N–H and O–H groups in total. The van der Waals surface area contributed by atoms with Crippen molar-refractivity contribution in [1.82, 2.24) is 4.98 Å². The van der Waals surface area contributed by atoms with E-state index in [-0.39, 0.29) is 0 Å². The van der Waals surface area contributed by atoms with Crippen LogP contribution in [0.4, 0.5) is 0 Å². The highest BCUT2D eigenvalue weighted by Crippen LogP contribution is 2.27. The quantitative estimate of drug-likeness (QED) is 0.492. The van der Waals surface area contributed by atoms with Crippen LogP contribution in [-0.2, 0) is 4.79 Å². The number of thiazole rings is 1. The number of nitrogens with zero attached hydrogens (tertiary/aromatic N) is 1. The molecule has 0 atom stereocenters. The Hall–Kier alpha value is -2.14. The molecule has 1 aromatic carbocycles. The molecule has 0 bridgehead atoms. The lowest BCUT2D eigenvalue weighted by molar-refractivity contribution is -0.129. The molecule has 0 amide bonds. The molecule has 1 aromatic heterocycles. The topological polar surface area (TPSA) is 48.4 Å². The smallest absolute Gasteiger partial charge is 0.336 e. The van der Waals surface area contributed by atoms with Crippen molar-refractivity contribution < 1.29 is 14.3 Å². The van der Waals surface area contributed by atoms with E-state index in [4.69, 9.17) is 9.47 Å². The monoisotopic (exact) mass is 289 g/mol. The average molecular weight is 289 g/mol. The molecular weight excluding hydrogens is 274 g/mol. The molecule has 0 unspecified atom stereocenters. The van der Waals surface area contributed by atoms with Gasteiger partial charge in [0.1, 0.15) is 0 Å². The van der Waals surface area contributed by atoms with Gasteiger partial charge >= 0.3 is 5.97 Å². The minimum Gasteiger partial charge on any atom is -0.493 e. The molecule has 0 radical (unpaired) electrons. The Bertz CT molecular complexity index is 646. The Balaban J connectivity index is 2.06. The van der Waals surface area contributed by atoms with Crippen LogP contribution in [0.15, 0.2) is 29.7 Å². The number of hydrogen-bond donors (Lipinski definition) is 0.